The van der Waals surface area contributed by atoms with Crippen LogP contribution in [0.2, 0.25) is 0 Å². The molecule has 0 radical (unpaired) electrons. The van der Waals surface area contributed by atoms with Gasteiger partial charge in [0.25, 0.3) is 5.56 Å². The molecule has 5 rings (SSSR count). The van der Waals surface area contributed by atoms with E-state index in [0.717, 1.165) is 29.9 Å². The summed E-state index contributed by atoms with van der Waals surface area (Å²) in [5.41, 5.74) is 3.18. The first kappa shape index (κ1) is 21.2. The number of hydrogen-bond acceptors (Lipinski definition) is 5. The lowest BCUT2D eigenvalue weighted by Gasteiger charge is -2.09. The Morgan fingerprint density at radius 1 is 1.06 bits per heavy atom. The standard InChI is InChI=1S/C25H23N5O2S/c31-23-14-20(18-9-5-2-6-10-18)26-25(28-23)30-22(13-21(29-30)19-11-12-19)27-24(32)16-33-15-17-7-3-1-4-8-17/h1-10,13-14,19H,11-12,15-16H2,(H,27,32)(H,26,28,31). The van der Waals surface area contributed by atoms with Gasteiger partial charge in [0.15, 0.2) is 0 Å². The van der Waals surface area contributed by atoms with Crippen LogP contribution in [0, 0.1) is 0 Å². The average molecular weight is 458 g/mol. The molecular formula is C25H23N5O2S. The van der Waals surface area contributed by atoms with Crippen molar-refractivity contribution in [1.82, 2.24) is 19.7 Å². The maximum Gasteiger partial charge on any atom is 0.252 e. The Morgan fingerprint density at radius 3 is 2.52 bits per heavy atom. The molecule has 2 N–H and O–H groups in total. The number of benzene rings is 2. The van der Waals surface area contributed by atoms with Crippen molar-refractivity contribution in [3.05, 3.63) is 94.4 Å². The topological polar surface area (TPSA) is 92.7 Å². The van der Waals surface area contributed by atoms with Crippen molar-refractivity contribution in [3.8, 4) is 17.2 Å². The number of carbonyl (C=O) groups excluding carboxylic acids is 1. The van der Waals surface area contributed by atoms with Crippen LogP contribution < -0.4 is 10.9 Å². The summed E-state index contributed by atoms with van der Waals surface area (Å²) in [6.45, 7) is 0. The molecule has 8 heteroatoms. The first-order valence-electron chi connectivity index (χ1n) is 10.8. The maximum atomic E-state index is 12.7. The molecule has 166 valence electrons. The molecule has 1 aliphatic carbocycles. The highest BCUT2D eigenvalue weighted by molar-refractivity contribution is 7.99. The molecule has 33 heavy (non-hydrogen) atoms. The minimum atomic E-state index is -0.280. The molecule has 7 nitrogen and oxygen atoms in total. The third-order valence-electron chi connectivity index (χ3n) is 5.34. The number of amides is 1. The van der Waals surface area contributed by atoms with E-state index in [1.54, 1.807) is 11.8 Å². The summed E-state index contributed by atoms with van der Waals surface area (Å²) in [5, 5.41) is 7.62. The van der Waals surface area contributed by atoms with Crippen molar-refractivity contribution in [2.75, 3.05) is 11.1 Å². The molecule has 2 aromatic carbocycles. The van der Waals surface area contributed by atoms with Gasteiger partial charge in [-0.25, -0.2) is 4.98 Å². The predicted molar refractivity (Wildman–Crippen MR) is 131 cm³/mol. The highest BCUT2D eigenvalue weighted by atomic mass is 32.2. The van der Waals surface area contributed by atoms with Crippen LogP contribution in [-0.4, -0.2) is 31.4 Å². The predicted octanol–water partition coefficient (Wildman–Crippen LogP) is 4.37. The van der Waals surface area contributed by atoms with E-state index in [1.165, 1.54) is 16.3 Å². The number of aromatic nitrogens is 4. The van der Waals surface area contributed by atoms with Crippen molar-refractivity contribution in [2.24, 2.45) is 0 Å². The summed E-state index contributed by atoms with van der Waals surface area (Å²) in [6.07, 6.45) is 2.15. The van der Waals surface area contributed by atoms with E-state index in [1.807, 2.05) is 66.7 Å². The molecule has 0 bridgehead atoms. The molecule has 0 saturated heterocycles. The summed E-state index contributed by atoms with van der Waals surface area (Å²) in [7, 11) is 0. The first-order chi connectivity index (χ1) is 16.2. The molecule has 2 aromatic heterocycles. The number of nitrogens with one attached hydrogen (secondary N) is 2. The zero-order valence-electron chi connectivity index (χ0n) is 17.9. The summed E-state index contributed by atoms with van der Waals surface area (Å²) < 4.78 is 1.53. The van der Waals surface area contributed by atoms with Crippen LogP contribution in [0.15, 0.2) is 77.6 Å². The van der Waals surface area contributed by atoms with E-state index in [0.29, 0.717) is 23.2 Å². The van der Waals surface area contributed by atoms with Gasteiger partial charge in [0.1, 0.15) is 5.82 Å². The molecule has 4 aromatic rings. The molecule has 1 fully saturated rings. The molecule has 0 aliphatic heterocycles. The van der Waals surface area contributed by atoms with Crippen molar-refractivity contribution in [3.63, 3.8) is 0 Å². The number of nitrogens with zero attached hydrogens (tertiary/aromatic N) is 3. The van der Waals surface area contributed by atoms with Crippen molar-refractivity contribution < 1.29 is 4.79 Å². The fourth-order valence-corrected chi connectivity index (χ4v) is 4.33. The lowest BCUT2D eigenvalue weighted by Crippen LogP contribution is -2.20. The second kappa shape index (κ2) is 9.46. The molecular weight excluding hydrogens is 434 g/mol. The van der Waals surface area contributed by atoms with Crippen LogP contribution in [0.3, 0.4) is 0 Å². The average Bonchev–Trinajstić information content (AvgIpc) is 3.60. The number of anilines is 1. The van der Waals surface area contributed by atoms with Gasteiger partial charge in [0, 0.05) is 29.4 Å². The van der Waals surface area contributed by atoms with E-state index in [4.69, 9.17) is 0 Å². The van der Waals surface area contributed by atoms with Gasteiger partial charge in [0.2, 0.25) is 11.9 Å². The van der Waals surface area contributed by atoms with E-state index in [-0.39, 0.29) is 17.4 Å². The van der Waals surface area contributed by atoms with E-state index >= 15 is 0 Å². The van der Waals surface area contributed by atoms with Gasteiger partial charge in [-0.2, -0.15) is 9.78 Å². The van der Waals surface area contributed by atoms with Crippen molar-refractivity contribution >= 4 is 23.5 Å². The Balaban J connectivity index is 1.38. The molecule has 0 unspecified atom stereocenters. The lowest BCUT2D eigenvalue weighted by atomic mass is 10.1. The van der Waals surface area contributed by atoms with Gasteiger partial charge in [-0.1, -0.05) is 60.7 Å². The summed E-state index contributed by atoms with van der Waals surface area (Å²) in [5.74, 6) is 2.12. The van der Waals surface area contributed by atoms with Crippen molar-refractivity contribution in [2.45, 2.75) is 24.5 Å². The smallest absolute Gasteiger partial charge is 0.252 e. The zero-order chi connectivity index (χ0) is 22.6. The van der Waals surface area contributed by atoms with Gasteiger partial charge in [-0.15, -0.1) is 11.8 Å². The number of rotatable bonds is 8. The Kier molecular flexibility index (Phi) is 6.08. The van der Waals surface area contributed by atoms with Crippen LogP contribution >= 0.6 is 11.8 Å². The quantitative estimate of drug-likeness (QED) is 0.410. The van der Waals surface area contributed by atoms with Gasteiger partial charge < -0.3 is 5.32 Å². The van der Waals surface area contributed by atoms with E-state index in [9.17, 15) is 9.59 Å². The van der Waals surface area contributed by atoms with Crippen molar-refractivity contribution in [1.29, 1.82) is 0 Å². The van der Waals surface area contributed by atoms with Gasteiger partial charge in [-0.3, -0.25) is 14.6 Å². The van der Waals surface area contributed by atoms with Gasteiger partial charge in [0.05, 0.1) is 17.1 Å². The fourth-order valence-electron chi connectivity index (χ4n) is 3.55. The second-order valence-corrected chi connectivity index (χ2v) is 8.97. The normalized spacial score (nSPS) is 13.1. The largest absolute Gasteiger partial charge is 0.310 e. The Labute approximate surface area is 195 Å². The highest BCUT2D eigenvalue weighted by Crippen LogP contribution is 2.40. The van der Waals surface area contributed by atoms with Crippen LogP contribution in [0.25, 0.3) is 17.2 Å². The number of hydrogen-bond donors (Lipinski definition) is 2. The van der Waals surface area contributed by atoms with Gasteiger partial charge >= 0.3 is 0 Å². The molecule has 1 amide bonds. The van der Waals surface area contributed by atoms with Gasteiger partial charge in [-0.05, 0) is 18.4 Å². The number of carbonyl (C=O) groups is 1. The minimum absolute atomic E-state index is 0.124. The highest BCUT2D eigenvalue weighted by Gasteiger charge is 2.28. The Hall–Kier alpha value is -3.65. The maximum absolute atomic E-state index is 12.7. The summed E-state index contributed by atoms with van der Waals surface area (Å²) in [4.78, 5) is 32.5. The van der Waals surface area contributed by atoms with Crippen LogP contribution in [-0.2, 0) is 10.5 Å². The Bertz CT molecular complexity index is 1310. The molecule has 2 heterocycles. The third kappa shape index (κ3) is 5.23. The molecule has 0 spiro atoms. The lowest BCUT2D eigenvalue weighted by molar-refractivity contribution is -0.113. The SMILES string of the molecule is O=C(CSCc1ccccc1)Nc1cc(C2CC2)nn1-c1nc(-c2ccccc2)cc(=O)[nH]1. The second-order valence-electron chi connectivity index (χ2n) is 7.99. The molecule has 0 atom stereocenters. The zero-order valence-corrected chi connectivity index (χ0v) is 18.7. The fraction of sp³-hybridized carbons (Fsp3) is 0.200. The van der Waals surface area contributed by atoms with Crippen LogP contribution in [0.5, 0.6) is 0 Å². The summed E-state index contributed by atoms with van der Waals surface area (Å²) >= 11 is 1.55. The number of H-pyrrole nitrogens is 1. The summed E-state index contributed by atoms with van der Waals surface area (Å²) in [6, 6.07) is 22.9. The van der Waals surface area contributed by atoms with E-state index < -0.39 is 0 Å². The monoisotopic (exact) mass is 457 g/mol. The van der Waals surface area contributed by atoms with Crippen LogP contribution in [0.1, 0.15) is 30.0 Å². The number of aromatic amines is 1. The van der Waals surface area contributed by atoms with Crippen LogP contribution in [0.4, 0.5) is 5.82 Å². The Morgan fingerprint density at radius 2 is 1.79 bits per heavy atom. The molecule has 1 aliphatic rings. The number of thioether (sulfide) groups is 1. The third-order valence-corrected chi connectivity index (χ3v) is 6.34. The molecule has 1 saturated carbocycles. The minimum Gasteiger partial charge on any atom is -0.310 e. The van der Waals surface area contributed by atoms with E-state index in [2.05, 4.69) is 20.4 Å². The first-order valence-corrected chi connectivity index (χ1v) is 12.0.